The second-order valence-corrected chi connectivity index (χ2v) is 5.05. The van der Waals surface area contributed by atoms with Crippen LogP contribution in [0.2, 0.25) is 0 Å². The van der Waals surface area contributed by atoms with Gasteiger partial charge in [-0.2, -0.15) is 0 Å². The lowest BCUT2D eigenvalue weighted by Gasteiger charge is -2.44. The predicted octanol–water partition coefficient (Wildman–Crippen LogP) is -1.21. The SMILES string of the molecule is O=C1O[C@@H]2[C@@H](O)[C@H](O)[C@@H](CO)O[C@H]2c2c(O)cc(O)cc21. The van der Waals surface area contributed by atoms with Crippen LogP contribution in [-0.2, 0) is 9.47 Å². The molecule has 0 saturated carbocycles. The zero-order valence-corrected chi connectivity index (χ0v) is 10.7. The van der Waals surface area contributed by atoms with Crippen LogP contribution in [0.5, 0.6) is 11.5 Å². The molecular formula is C13H14O8. The number of benzene rings is 1. The Hall–Kier alpha value is -1.87. The number of aliphatic hydroxyl groups excluding tert-OH is 3. The number of fused-ring (bicyclic) bond motifs is 3. The fraction of sp³-hybridized carbons (Fsp3) is 0.462. The Morgan fingerprint density at radius 2 is 1.86 bits per heavy atom. The van der Waals surface area contributed by atoms with Gasteiger partial charge in [0.05, 0.1) is 12.2 Å². The minimum Gasteiger partial charge on any atom is -0.508 e. The van der Waals surface area contributed by atoms with E-state index >= 15 is 0 Å². The molecule has 8 nitrogen and oxygen atoms in total. The van der Waals surface area contributed by atoms with E-state index in [2.05, 4.69) is 0 Å². The molecule has 21 heavy (non-hydrogen) atoms. The number of carbonyl (C=O) groups is 1. The number of phenolic OH excluding ortho intramolecular Hbond substituents is 2. The smallest absolute Gasteiger partial charge is 0.339 e. The Kier molecular flexibility index (Phi) is 3.25. The molecule has 5 atom stereocenters. The average molecular weight is 298 g/mol. The van der Waals surface area contributed by atoms with Gasteiger partial charge in [0.25, 0.3) is 0 Å². The van der Waals surface area contributed by atoms with Gasteiger partial charge >= 0.3 is 5.97 Å². The summed E-state index contributed by atoms with van der Waals surface area (Å²) in [4.78, 5) is 11.9. The molecule has 114 valence electrons. The van der Waals surface area contributed by atoms with Crippen molar-refractivity contribution in [3.8, 4) is 11.5 Å². The van der Waals surface area contributed by atoms with Gasteiger partial charge in [-0.3, -0.25) is 0 Å². The van der Waals surface area contributed by atoms with Gasteiger partial charge in [-0.1, -0.05) is 0 Å². The maximum absolute atomic E-state index is 11.9. The molecule has 5 N–H and O–H groups in total. The summed E-state index contributed by atoms with van der Waals surface area (Å²) in [6.07, 6.45) is -6.23. The zero-order chi connectivity index (χ0) is 15.3. The van der Waals surface area contributed by atoms with E-state index in [-0.39, 0.29) is 16.9 Å². The van der Waals surface area contributed by atoms with Crippen molar-refractivity contribution in [1.29, 1.82) is 0 Å². The van der Waals surface area contributed by atoms with Crippen LogP contribution in [-0.4, -0.2) is 62.5 Å². The number of esters is 1. The normalized spacial score (nSPS) is 34.8. The first-order valence-corrected chi connectivity index (χ1v) is 6.33. The molecule has 0 spiro atoms. The van der Waals surface area contributed by atoms with Gasteiger partial charge in [0.15, 0.2) is 6.10 Å². The number of hydrogen-bond donors (Lipinski definition) is 5. The van der Waals surface area contributed by atoms with Crippen LogP contribution in [0, 0.1) is 0 Å². The number of aromatic hydroxyl groups is 2. The van der Waals surface area contributed by atoms with Crippen LogP contribution in [0.15, 0.2) is 12.1 Å². The van der Waals surface area contributed by atoms with E-state index in [9.17, 15) is 30.3 Å². The molecule has 0 radical (unpaired) electrons. The van der Waals surface area contributed by atoms with Gasteiger partial charge in [-0.15, -0.1) is 0 Å². The van der Waals surface area contributed by atoms with Gasteiger partial charge in [-0.05, 0) is 6.07 Å². The van der Waals surface area contributed by atoms with Crippen LogP contribution in [0.4, 0.5) is 0 Å². The molecule has 2 aliphatic heterocycles. The maximum Gasteiger partial charge on any atom is 0.339 e. The minimum absolute atomic E-state index is 0.0541. The highest BCUT2D eigenvalue weighted by molar-refractivity contribution is 5.94. The number of phenols is 2. The monoisotopic (exact) mass is 298 g/mol. The summed E-state index contributed by atoms with van der Waals surface area (Å²) in [5.74, 6) is -1.57. The van der Waals surface area contributed by atoms with Crippen LogP contribution in [0.1, 0.15) is 22.0 Å². The molecule has 1 aromatic rings. The van der Waals surface area contributed by atoms with E-state index in [0.717, 1.165) is 12.1 Å². The third kappa shape index (κ3) is 2.04. The lowest BCUT2D eigenvalue weighted by molar-refractivity contribution is -0.235. The Balaban J connectivity index is 2.10. The van der Waals surface area contributed by atoms with Crippen LogP contribution in [0.3, 0.4) is 0 Å². The van der Waals surface area contributed by atoms with E-state index in [4.69, 9.17) is 9.47 Å². The summed E-state index contributed by atoms with van der Waals surface area (Å²) < 4.78 is 10.5. The first-order valence-electron chi connectivity index (χ1n) is 6.33. The summed E-state index contributed by atoms with van der Waals surface area (Å²) in [5, 5.41) is 48.4. The summed E-state index contributed by atoms with van der Waals surface area (Å²) in [5.41, 5.74) is -0.0347. The number of rotatable bonds is 1. The van der Waals surface area contributed by atoms with Gasteiger partial charge in [0.2, 0.25) is 0 Å². The number of carbonyl (C=O) groups excluding carboxylic acids is 1. The van der Waals surface area contributed by atoms with Crippen molar-refractivity contribution in [1.82, 2.24) is 0 Å². The summed E-state index contributed by atoms with van der Waals surface area (Å²) in [7, 11) is 0. The Bertz CT molecular complexity index is 586. The van der Waals surface area contributed by atoms with Crippen LogP contribution >= 0.6 is 0 Å². The first-order chi connectivity index (χ1) is 9.93. The van der Waals surface area contributed by atoms with E-state index in [0.29, 0.717) is 0 Å². The van der Waals surface area contributed by atoms with Crippen molar-refractivity contribution in [3.63, 3.8) is 0 Å². The lowest BCUT2D eigenvalue weighted by Crippen LogP contribution is -2.58. The van der Waals surface area contributed by atoms with E-state index in [1.54, 1.807) is 0 Å². The van der Waals surface area contributed by atoms with Crippen LogP contribution < -0.4 is 0 Å². The second kappa shape index (κ2) is 4.85. The molecule has 1 saturated heterocycles. The van der Waals surface area contributed by atoms with Crippen molar-refractivity contribution >= 4 is 5.97 Å². The number of ether oxygens (including phenoxy) is 2. The Morgan fingerprint density at radius 3 is 2.52 bits per heavy atom. The molecule has 2 aliphatic rings. The topological polar surface area (TPSA) is 137 Å². The highest BCUT2D eigenvalue weighted by Crippen LogP contribution is 2.44. The molecule has 8 heteroatoms. The lowest BCUT2D eigenvalue weighted by atomic mass is 9.86. The third-order valence-corrected chi connectivity index (χ3v) is 3.76. The van der Waals surface area contributed by atoms with Crippen molar-refractivity contribution < 1.29 is 39.8 Å². The molecule has 0 unspecified atom stereocenters. The Labute approximate surface area is 118 Å². The van der Waals surface area contributed by atoms with Gasteiger partial charge in [0.1, 0.15) is 35.9 Å². The molecular weight excluding hydrogens is 284 g/mol. The fourth-order valence-corrected chi connectivity index (χ4v) is 2.73. The maximum atomic E-state index is 11.9. The van der Waals surface area contributed by atoms with Gasteiger partial charge < -0.3 is 35.0 Å². The predicted molar refractivity (Wildman–Crippen MR) is 65.7 cm³/mol. The highest BCUT2D eigenvalue weighted by atomic mass is 16.6. The standard InChI is InChI=1S/C13H14O8/c14-3-7-9(17)10(18)12-11(20-7)8-5(13(19)21-12)1-4(15)2-6(8)16/h1-2,7,9-12,14-18H,3H2/t7-,9-,10+,11+,12-/m1/s1. The van der Waals surface area contributed by atoms with Crippen molar-refractivity contribution in [3.05, 3.63) is 23.3 Å². The summed E-state index contributed by atoms with van der Waals surface area (Å²) in [6.45, 7) is -0.552. The fourth-order valence-electron chi connectivity index (χ4n) is 2.73. The van der Waals surface area contributed by atoms with Crippen molar-refractivity contribution in [2.75, 3.05) is 6.61 Å². The molecule has 2 heterocycles. The zero-order valence-electron chi connectivity index (χ0n) is 10.7. The van der Waals surface area contributed by atoms with Crippen molar-refractivity contribution in [2.24, 2.45) is 0 Å². The first kappa shape index (κ1) is 14.1. The quantitative estimate of drug-likeness (QED) is 0.407. The molecule has 3 rings (SSSR count). The molecule has 1 aromatic carbocycles. The molecule has 0 amide bonds. The van der Waals surface area contributed by atoms with Crippen molar-refractivity contribution in [2.45, 2.75) is 30.5 Å². The number of hydrogen-bond acceptors (Lipinski definition) is 8. The second-order valence-electron chi connectivity index (χ2n) is 5.05. The van der Waals surface area contributed by atoms with Gasteiger partial charge in [0, 0.05) is 11.6 Å². The molecule has 1 fully saturated rings. The Morgan fingerprint density at radius 1 is 1.14 bits per heavy atom. The average Bonchev–Trinajstić information content (AvgIpc) is 2.43. The summed E-state index contributed by atoms with van der Waals surface area (Å²) in [6, 6.07) is 2.14. The van der Waals surface area contributed by atoms with Crippen LogP contribution in [0.25, 0.3) is 0 Å². The molecule has 0 aromatic heterocycles. The van der Waals surface area contributed by atoms with Gasteiger partial charge in [-0.25, -0.2) is 4.79 Å². The number of aliphatic hydroxyl groups is 3. The minimum atomic E-state index is -1.47. The largest absolute Gasteiger partial charge is 0.508 e. The molecule has 0 aliphatic carbocycles. The highest BCUT2D eigenvalue weighted by Gasteiger charge is 2.51. The molecule has 0 bridgehead atoms. The van der Waals surface area contributed by atoms with E-state index < -0.39 is 48.8 Å². The van der Waals surface area contributed by atoms with E-state index in [1.807, 2.05) is 0 Å². The third-order valence-electron chi connectivity index (χ3n) is 3.76. The van der Waals surface area contributed by atoms with E-state index in [1.165, 1.54) is 0 Å². The summed E-state index contributed by atoms with van der Waals surface area (Å²) >= 11 is 0.